The maximum Gasteiger partial charge on any atom is 0.262 e. The molecule has 2 aromatic rings. The molecule has 0 saturated carbocycles. The number of nitrogens with zero attached hydrogens (tertiary/aromatic N) is 3. The molecular formula is C28H35N6O2+. The number of hydrogen-bond donors (Lipinski definition) is 3. The first kappa shape index (κ1) is 25.6. The average Bonchev–Trinajstić information content (AvgIpc) is 2.91. The molecule has 2 aliphatic rings. The highest BCUT2D eigenvalue weighted by molar-refractivity contribution is 6.17. The highest BCUT2D eigenvalue weighted by Crippen LogP contribution is 2.26. The van der Waals surface area contributed by atoms with Gasteiger partial charge in [0.1, 0.15) is 23.0 Å². The zero-order chi connectivity index (χ0) is 25.5. The van der Waals surface area contributed by atoms with Crippen molar-refractivity contribution in [3.63, 3.8) is 0 Å². The number of ether oxygens (including phenoxy) is 1. The fourth-order valence-corrected chi connectivity index (χ4v) is 4.90. The molecule has 0 aromatic heterocycles. The number of piperazine rings is 1. The third-order valence-corrected chi connectivity index (χ3v) is 7.01. The van der Waals surface area contributed by atoms with Gasteiger partial charge in [0, 0.05) is 64.3 Å². The number of rotatable bonds is 7. The van der Waals surface area contributed by atoms with Crippen molar-refractivity contribution in [2.75, 3.05) is 49.6 Å². The summed E-state index contributed by atoms with van der Waals surface area (Å²) in [6.45, 7) is 9.21. The van der Waals surface area contributed by atoms with Gasteiger partial charge < -0.3 is 20.4 Å². The Bertz CT molecular complexity index is 1150. The first-order valence-electron chi connectivity index (χ1n) is 12.5. The molecule has 1 amide bonds. The number of benzene rings is 2. The predicted octanol–water partition coefficient (Wildman–Crippen LogP) is 2.92. The lowest BCUT2D eigenvalue weighted by Crippen LogP contribution is -2.75. The molecule has 0 unspecified atom stereocenters. The van der Waals surface area contributed by atoms with E-state index < -0.39 is 0 Å². The Balaban J connectivity index is 1.41. The van der Waals surface area contributed by atoms with Gasteiger partial charge in [-0.25, -0.2) is 0 Å². The Morgan fingerprint density at radius 2 is 1.83 bits per heavy atom. The van der Waals surface area contributed by atoms with Crippen molar-refractivity contribution in [1.29, 1.82) is 10.7 Å². The van der Waals surface area contributed by atoms with Crippen LogP contribution in [0.3, 0.4) is 0 Å². The average molecular weight is 488 g/mol. The number of quaternary nitrogens is 1. The minimum Gasteiger partial charge on any atom is -0.381 e. The number of amides is 1. The zero-order valence-electron chi connectivity index (χ0n) is 21.1. The second-order valence-corrected chi connectivity index (χ2v) is 9.46. The largest absolute Gasteiger partial charge is 0.381 e. The summed E-state index contributed by atoms with van der Waals surface area (Å²) in [5.41, 5.74) is 5.09. The molecule has 2 heterocycles. The van der Waals surface area contributed by atoms with Crippen LogP contribution in [0.2, 0.25) is 0 Å². The van der Waals surface area contributed by atoms with Gasteiger partial charge in [-0.3, -0.25) is 15.0 Å². The Labute approximate surface area is 213 Å². The van der Waals surface area contributed by atoms with Gasteiger partial charge in [-0.05, 0) is 50.1 Å². The summed E-state index contributed by atoms with van der Waals surface area (Å²) in [5.74, 6) is -0.368. The van der Waals surface area contributed by atoms with Gasteiger partial charge in [0.2, 0.25) is 0 Å². The second-order valence-electron chi connectivity index (χ2n) is 9.46. The highest BCUT2D eigenvalue weighted by Gasteiger charge is 2.26. The van der Waals surface area contributed by atoms with Gasteiger partial charge >= 0.3 is 0 Å². The molecule has 8 nitrogen and oxygen atoms in total. The van der Waals surface area contributed by atoms with Gasteiger partial charge in [-0.2, -0.15) is 5.26 Å². The number of nitriles is 1. The van der Waals surface area contributed by atoms with Gasteiger partial charge in [0.15, 0.2) is 0 Å². The van der Waals surface area contributed by atoms with Crippen molar-refractivity contribution in [2.45, 2.75) is 32.7 Å². The zero-order valence-corrected chi connectivity index (χ0v) is 21.1. The number of carbonyl (C=O) groups excluding carboxylic acids is 1. The first-order chi connectivity index (χ1) is 17.5. The van der Waals surface area contributed by atoms with E-state index in [1.54, 1.807) is 6.07 Å². The lowest BCUT2D eigenvalue weighted by atomic mass is 10.1. The van der Waals surface area contributed by atoms with Crippen LogP contribution in [0.15, 0.2) is 53.7 Å². The summed E-state index contributed by atoms with van der Waals surface area (Å²) >= 11 is 0. The Morgan fingerprint density at radius 1 is 1.14 bits per heavy atom. The van der Waals surface area contributed by atoms with Crippen LogP contribution in [-0.4, -0.2) is 62.5 Å². The second kappa shape index (κ2) is 12.0. The van der Waals surface area contributed by atoms with Crippen LogP contribution >= 0.6 is 0 Å². The molecular weight excluding hydrogens is 452 g/mol. The Hall–Kier alpha value is -3.51. The Morgan fingerprint density at radius 3 is 2.47 bits per heavy atom. The number of allylic oxidation sites excluding steroid dienone is 1. The van der Waals surface area contributed by atoms with Gasteiger partial charge in [-0.1, -0.05) is 17.7 Å². The molecule has 0 atom stereocenters. The number of hydrogen-bond acceptors (Lipinski definition) is 6. The van der Waals surface area contributed by atoms with E-state index in [4.69, 9.17) is 10.1 Å². The van der Waals surface area contributed by atoms with Crippen LogP contribution in [0, 0.1) is 23.7 Å². The summed E-state index contributed by atoms with van der Waals surface area (Å²) in [5, 5.41) is 22.4. The molecule has 2 aromatic carbocycles. The van der Waals surface area contributed by atoms with Crippen molar-refractivity contribution in [1.82, 2.24) is 4.90 Å². The van der Waals surface area contributed by atoms with E-state index >= 15 is 0 Å². The topological polar surface area (TPSA) is 109 Å². The van der Waals surface area contributed by atoms with E-state index in [1.807, 2.05) is 55.6 Å². The number of aryl methyl sites for hydroxylation is 1. The molecule has 2 fully saturated rings. The lowest BCUT2D eigenvalue weighted by molar-refractivity contribution is -0.517. The standard InChI is InChI=1S/C28H34N6O2/c1-20-3-5-23(6-4-20)31-21(2)26(19-30)28(35)32-24-7-8-27(22(17-24)18-29)34-13-11-33(12-14-34)25-9-15-36-16-10-25/h3-8,17,19,25,30-31H,9-16H2,1-2H3,(H,32,35)/p+1/b26-21+,30-19?. The fourth-order valence-electron chi connectivity index (χ4n) is 4.90. The van der Waals surface area contributed by atoms with Crippen molar-refractivity contribution >= 4 is 29.2 Å². The number of anilines is 2. The molecule has 188 valence electrons. The molecule has 2 aliphatic heterocycles. The third kappa shape index (κ3) is 6.18. The maximum absolute atomic E-state index is 13.0. The minimum absolute atomic E-state index is 0.280. The van der Waals surface area contributed by atoms with E-state index in [1.165, 1.54) is 0 Å². The van der Waals surface area contributed by atoms with Crippen molar-refractivity contribution in [2.24, 2.45) is 0 Å². The van der Waals surface area contributed by atoms with Crippen LogP contribution in [0.1, 0.15) is 30.9 Å². The molecule has 0 spiro atoms. The summed E-state index contributed by atoms with van der Waals surface area (Å²) in [4.78, 5) is 17.8. The summed E-state index contributed by atoms with van der Waals surface area (Å²) in [6.07, 6.45) is 3.26. The van der Waals surface area contributed by atoms with E-state index in [-0.39, 0.29) is 11.5 Å². The normalized spacial score (nSPS) is 17.8. The van der Waals surface area contributed by atoms with E-state index in [2.05, 4.69) is 21.2 Å². The molecule has 0 radical (unpaired) electrons. The maximum atomic E-state index is 13.0. The number of nitrogens with two attached hydrogens (primary N) is 1. The molecule has 0 aliphatic carbocycles. The monoisotopic (exact) mass is 487 g/mol. The molecule has 36 heavy (non-hydrogen) atoms. The van der Waals surface area contributed by atoms with Gasteiger partial charge in [0.05, 0.1) is 11.3 Å². The van der Waals surface area contributed by atoms with Crippen LogP contribution in [-0.2, 0) is 9.53 Å². The molecule has 8 heteroatoms. The highest BCUT2D eigenvalue weighted by atomic mass is 16.5. The fraction of sp³-hybridized carbons (Fsp3) is 0.393. The van der Waals surface area contributed by atoms with Crippen LogP contribution < -0.4 is 15.5 Å². The summed E-state index contributed by atoms with van der Waals surface area (Å²) in [7, 11) is 0. The van der Waals surface area contributed by atoms with Gasteiger partial charge in [-0.15, -0.1) is 0 Å². The van der Waals surface area contributed by atoms with Crippen molar-refractivity contribution in [3.05, 3.63) is 64.9 Å². The molecule has 2 saturated heterocycles. The third-order valence-electron chi connectivity index (χ3n) is 7.01. The van der Waals surface area contributed by atoms with Gasteiger partial charge in [0.25, 0.3) is 5.91 Å². The quantitative estimate of drug-likeness (QED) is 0.316. The smallest absolute Gasteiger partial charge is 0.262 e. The molecule has 0 bridgehead atoms. The van der Waals surface area contributed by atoms with Crippen molar-refractivity contribution < 1.29 is 14.8 Å². The van der Waals surface area contributed by atoms with E-state index in [0.717, 1.165) is 75.4 Å². The Kier molecular flexibility index (Phi) is 8.49. The predicted molar refractivity (Wildman–Crippen MR) is 142 cm³/mol. The molecule has 4 N–H and O–H groups in total. The molecule has 4 rings (SSSR count). The first-order valence-corrected chi connectivity index (χ1v) is 12.5. The van der Waals surface area contributed by atoms with Crippen LogP contribution in [0.25, 0.3) is 0 Å². The SMILES string of the molecule is C/C([NH2+]c1ccc(C)cc1)=C(/C=N)C(=O)Nc1ccc(N2CCN(C3CCOCC3)CC2)c(C#N)c1. The number of nitrogens with one attached hydrogen (secondary N) is 2. The van der Waals surface area contributed by atoms with E-state index in [9.17, 15) is 10.1 Å². The summed E-state index contributed by atoms with van der Waals surface area (Å²) in [6, 6.07) is 16.4. The summed E-state index contributed by atoms with van der Waals surface area (Å²) < 4.78 is 5.50. The lowest BCUT2D eigenvalue weighted by Gasteiger charge is -2.41. The van der Waals surface area contributed by atoms with Crippen molar-refractivity contribution in [3.8, 4) is 6.07 Å². The number of carbonyl (C=O) groups is 1. The van der Waals surface area contributed by atoms with Crippen LogP contribution in [0.4, 0.5) is 17.1 Å². The van der Waals surface area contributed by atoms with Crippen LogP contribution in [0.5, 0.6) is 0 Å². The van der Waals surface area contributed by atoms with E-state index in [0.29, 0.717) is 23.0 Å². The minimum atomic E-state index is -0.368.